The summed E-state index contributed by atoms with van der Waals surface area (Å²) in [5, 5.41) is 4.34. The number of nitrogens with zero attached hydrogens (tertiary/aromatic N) is 4. The summed E-state index contributed by atoms with van der Waals surface area (Å²) < 4.78 is 26.3. The maximum atomic E-state index is 13.0. The van der Waals surface area contributed by atoms with Crippen LogP contribution in [0.4, 0.5) is 4.39 Å². The molecule has 1 aromatic carbocycles. The Morgan fingerprint density at radius 2 is 2.00 bits per heavy atom. The molecule has 0 unspecified atom stereocenters. The minimum Gasteiger partial charge on any atom is -0.491 e. The zero-order chi connectivity index (χ0) is 20.9. The Morgan fingerprint density at radius 1 is 1.23 bits per heavy atom. The molecule has 0 bridgehead atoms. The van der Waals surface area contributed by atoms with Crippen LogP contribution in [0.2, 0.25) is 0 Å². The molecule has 2 saturated heterocycles. The zero-order valence-corrected chi connectivity index (χ0v) is 17.4. The van der Waals surface area contributed by atoms with Crippen LogP contribution in [0.15, 0.2) is 36.7 Å². The lowest BCUT2D eigenvalue weighted by Crippen LogP contribution is -2.55. The van der Waals surface area contributed by atoms with E-state index in [2.05, 4.69) is 23.1 Å². The predicted octanol–water partition coefficient (Wildman–Crippen LogP) is 2.31. The quantitative estimate of drug-likeness (QED) is 0.693. The van der Waals surface area contributed by atoms with Crippen LogP contribution in [0.3, 0.4) is 0 Å². The Morgan fingerprint density at radius 3 is 2.70 bits per heavy atom. The third-order valence-corrected chi connectivity index (χ3v) is 5.83. The van der Waals surface area contributed by atoms with Crippen molar-refractivity contribution in [1.29, 1.82) is 0 Å². The van der Waals surface area contributed by atoms with Crippen molar-refractivity contribution in [2.24, 2.45) is 0 Å². The van der Waals surface area contributed by atoms with Crippen molar-refractivity contribution in [2.45, 2.75) is 45.0 Å². The van der Waals surface area contributed by atoms with Gasteiger partial charge in [-0.05, 0) is 44.0 Å². The van der Waals surface area contributed by atoms with Gasteiger partial charge in [-0.2, -0.15) is 5.10 Å². The number of carbonyl (C=O) groups is 1. The van der Waals surface area contributed by atoms with Crippen molar-refractivity contribution >= 4 is 5.91 Å². The van der Waals surface area contributed by atoms with Crippen LogP contribution < -0.4 is 4.74 Å². The summed E-state index contributed by atoms with van der Waals surface area (Å²) in [6, 6.07) is 6.17. The van der Waals surface area contributed by atoms with Gasteiger partial charge >= 0.3 is 0 Å². The number of morpholine rings is 1. The molecule has 30 heavy (non-hydrogen) atoms. The first-order valence-corrected chi connectivity index (χ1v) is 10.6. The van der Waals surface area contributed by atoms with E-state index in [4.69, 9.17) is 9.47 Å². The second kappa shape index (κ2) is 9.57. The largest absolute Gasteiger partial charge is 0.491 e. The molecule has 1 atom stereocenters. The molecule has 2 aliphatic rings. The van der Waals surface area contributed by atoms with Crippen molar-refractivity contribution in [3.05, 3.63) is 48.0 Å². The number of carbonyl (C=O) groups excluding carboxylic acids is 1. The summed E-state index contributed by atoms with van der Waals surface area (Å²) in [5.41, 5.74) is 1.23. The summed E-state index contributed by atoms with van der Waals surface area (Å²) in [4.78, 5) is 16.8. The van der Waals surface area contributed by atoms with E-state index in [9.17, 15) is 9.18 Å². The summed E-state index contributed by atoms with van der Waals surface area (Å²) in [6.07, 6.45) is 5.78. The van der Waals surface area contributed by atoms with E-state index in [0.29, 0.717) is 18.9 Å². The first-order valence-electron chi connectivity index (χ1n) is 10.6. The molecule has 0 saturated carbocycles. The Bertz CT molecular complexity index is 833. The van der Waals surface area contributed by atoms with Crippen molar-refractivity contribution in [3.8, 4) is 5.75 Å². The Hall–Kier alpha value is -2.45. The van der Waals surface area contributed by atoms with Gasteiger partial charge in [0.05, 0.1) is 12.7 Å². The molecule has 0 N–H and O–H groups in total. The first kappa shape index (κ1) is 20.8. The molecule has 2 aliphatic heterocycles. The number of ether oxygens (including phenoxy) is 2. The van der Waals surface area contributed by atoms with E-state index in [1.165, 1.54) is 17.7 Å². The number of aryl methyl sites for hydroxylation is 1. The number of benzene rings is 1. The number of amides is 1. The van der Waals surface area contributed by atoms with Crippen LogP contribution >= 0.6 is 0 Å². The number of likely N-dealkylation sites (tertiary alicyclic amines) is 1. The molecule has 4 rings (SSSR count). The van der Waals surface area contributed by atoms with E-state index in [1.807, 2.05) is 15.8 Å². The van der Waals surface area contributed by atoms with Crippen LogP contribution in [0.5, 0.6) is 5.75 Å². The smallest absolute Gasteiger partial charge is 0.248 e. The third-order valence-electron chi connectivity index (χ3n) is 5.83. The highest BCUT2D eigenvalue weighted by Crippen LogP contribution is 2.22. The molecule has 2 fully saturated rings. The topological polar surface area (TPSA) is 59.8 Å². The predicted molar refractivity (Wildman–Crippen MR) is 110 cm³/mol. The second-order valence-electron chi connectivity index (χ2n) is 7.96. The fraction of sp³-hybridized carbons (Fsp3) is 0.545. The number of aromatic nitrogens is 2. The van der Waals surface area contributed by atoms with Gasteiger partial charge in [0.1, 0.15) is 30.9 Å². The molecule has 0 radical (unpaired) electrons. The van der Waals surface area contributed by atoms with Crippen molar-refractivity contribution < 1.29 is 18.7 Å². The fourth-order valence-corrected chi connectivity index (χ4v) is 4.13. The molecule has 0 aliphatic carbocycles. The molecule has 3 heterocycles. The highest BCUT2D eigenvalue weighted by Gasteiger charge is 2.33. The maximum Gasteiger partial charge on any atom is 0.248 e. The molecule has 2 aromatic rings. The van der Waals surface area contributed by atoms with Crippen LogP contribution in [0.25, 0.3) is 0 Å². The molecule has 162 valence electrons. The van der Waals surface area contributed by atoms with Crippen molar-refractivity contribution in [1.82, 2.24) is 19.6 Å². The lowest BCUT2D eigenvalue weighted by Gasteiger charge is -2.42. The minimum absolute atomic E-state index is 0.0516. The highest BCUT2D eigenvalue weighted by molar-refractivity contribution is 5.78. The van der Waals surface area contributed by atoms with E-state index < -0.39 is 0 Å². The molecule has 8 heteroatoms. The third kappa shape index (κ3) is 5.17. The van der Waals surface area contributed by atoms with Crippen LogP contribution in [0, 0.1) is 5.82 Å². The van der Waals surface area contributed by atoms with Gasteiger partial charge in [0, 0.05) is 44.0 Å². The minimum atomic E-state index is -0.293. The van der Waals surface area contributed by atoms with E-state index in [-0.39, 0.29) is 30.5 Å². The molecular weight excluding hydrogens is 387 g/mol. The summed E-state index contributed by atoms with van der Waals surface area (Å²) in [5.74, 6) is 0.359. The van der Waals surface area contributed by atoms with Gasteiger partial charge in [-0.3, -0.25) is 14.4 Å². The average Bonchev–Trinajstić information content (AvgIpc) is 3.22. The maximum absolute atomic E-state index is 13.0. The standard InChI is InChI=1S/C22H29FN4O3/c1-2-26-13-17(11-24-26)12-25-9-7-19(8-10-25)27-14-21(30-16-22(27)28)15-29-20-5-3-18(23)4-6-20/h3-6,11,13,19,21H,2,7-10,12,14-16H2,1H3/t21-/m1/s1. The number of hydrogen-bond acceptors (Lipinski definition) is 5. The SMILES string of the molecule is CCn1cc(CN2CCC(N3C[C@H](COc4ccc(F)cc4)OCC3=O)CC2)cn1. The number of hydrogen-bond donors (Lipinski definition) is 0. The van der Waals surface area contributed by atoms with E-state index in [1.54, 1.807) is 12.1 Å². The Labute approximate surface area is 176 Å². The van der Waals surface area contributed by atoms with Crippen LogP contribution in [-0.4, -0.2) is 70.5 Å². The van der Waals surface area contributed by atoms with Crippen molar-refractivity contribution in [3.63, 3.8) is 0 Å². The van der Waals surface area contributed by atoms with Gasteiger partial charge in [-0.15, -0.1) is 0 Å². The molecule has 1 aromatic heterocycles. The van der Waals surface area contributed by atoms with Crippen LogP contribution in [0.1, 0.15) is 25.3 Å². The van der Waals surface area contributed by atoms with E-state index in [0.717, 1.165) is 39.0 Å². The normalized spacial score (nSPS) is 21.2. The monoisotopic (exact) mass is 416 g/mol. The number of piperidine rings is 1. The van der Waals surface area contributed by atoms with Gasteiger partial charge in [-0.1, -0.05) is 0 Å². The highest BCUT2D eigenvalue weighted by atomic mass is 19.1. The molecule has 1 amide bonds. The summed E-state index contributed by atoms with van der Waals surface area (Å²) >= 11 is 0. The fourth-order valence-electron chi connectivity index (χ4n) is 4.13. The Kier molecular flexibility index (Phi) is 6.64. The summed E-state index contributed by atoms with van der Waals surface area (Å²) in [7, 11) is 0. The van der Waals surface area contributed by atoms with E-state index >= 15 is 0 Å². The second-order valence-corrected chi connectivity index (χ2v) is 7.96. The van der Waals surface area contributed by atoms with Gasteiger partial charge in [0.15, 0.2) is 0 Å². The lowest BCUT2D eigenvalue weighted by molar-refractivity contribution is -0.155. The van der Waals surface area contributed by atoms with Gasteiger partial charge in [-0.25, -0.2) is 4.39 Å². The zero-order valence-electron chi connectivity index (χ0n) is 17.4. The van der Waals surface area contributed by atoms with Gasteiger partial charge < -0.3 is 14.4 Å². The number of halogens is 1. The van der Waals surface area contributed by atoms with Crippen LogP contribution in [-0.2, 0) is 22.6 Å². The number of rotatable bonds is 7. The summed E-state index contributed by atoms with van der Waals surface area (Å²) in [6.45, 7) is 6.76. The van der Waals surface area contributed by atoms with Gasteiger partial charge in [0.2, 0.25) is 5.91 Å². The first-order chi connectivity index (χ1) is 14.6. The average molecular weight is 416 g/mol. The molecule has 7 nitrogen and oxygen atoms in total. The Balaban J connectivity index is 1.25. The molecular formula is C22H29FN4O3. The lowest BCUT2D eigenvalue weighted by atomic mass is 10.0. The van der Waals surface area contributed by atoms with Gasteiger partial charge in [0.25, 0.3) is 0 Å². The molecule has 0 spiro atoms. The van der Waals surface area contributed by atoms with Crippen molar-refractivity contribution in [2.75, 3.05) is 32.8 Å².